The van der Waals surface area contributed by atoms with Gasteiger partial charge in [0.1, 0.15) is 5.69 Å². The zero-order chi connectivity index (χ0) is 12.3. The molecule has 1 atom stereocenters. The first-order valence-corrected chi connectivity index (χ1v) is 5.54. The summed E-state index contributed by atoms with van der Waals surface area (Å²) in [6.45, 7) is 2.35. The molecule has 1 aliphatic rings. The van der Waals surface area contributed by atoms with E-state index in [9.17, 15) is 8.78 Å². The minimum Gasteiger partial charge on any atom is -0.380 e. The lowest BCUT2D eigenvalue weighted by atomic mass is 10.1. The zero-order valence-corrected chi connectivity index (χ0v) is 9.26. The summed E-state index contributed by atoms with van der Waals surface area (Å²) in [4.78, 5) is 0. The molecular formula is C12H13F2N3. The predicted octanol–water partition coefficient (Wildman–Crippen LogP) is 1.86. The number of benzene rings is 1. The molecule has 0 aliphatic carbocycles. The third-order valence-electron chi connectivity index (χ3n) is 2.90. The van der Waals surface area contributed by atoms with Crippen molar-refractivity contribution in [2.75, 3.05) is 25.0 Å². The smallest absolute Gasteiger partial charge is 0.150 e. The highest BCUT2D eigenvalue weighted by molar-refractivity contribution is 5.50. The Labute approximate surface area is 98.4 Å². The van der Waals surface area contributed by atoms with E-state index in [1.54, 1.807) is 6.07 Å². The molecule has 1 aromatic carbocycles. The van der Waals surface area contributed by atoms with Gasteiger partial charge in [-0.3, -0.25) is 0 Å². The second kappa shape index (κ2) is 5.11. The molecule has 1 aromatic rings. The largest absolute Gasteiger partial charge is 0.380 e. The number of nitrogens with one attached hydrogen (secondary N) is 2. The van der Waals surface area contributed by atoms with Gasteiger partial charge in [-0.1, -0.05) is 0 Å². The van der Waals surface area contributed by atoms with E-state index in [1.165, 1.54) is 0 Å². The molecular weight excluding hydrogens is 224 g/mol. The summed E-state index contributed by atoms with van der Waals surface area (Å²) in [5, 5.41) is 14.5. The van der Waals surface area contributed by atoms with E-state index in [1.807, 2.05) is 0 Å². The number of nitrogens with zero attached hydrogens (tertiary/aromatic N) is 1. The molecule has 0 saturated carbocycles. The van der Waals surface area contributed by atoms with Crippen molar-refractivity contribution in [3.05, 3.63) is 29.3 Å². The number of hydrogen-bond donors (Lipinski definition) is 2. The average Bonchev–Trinajstić information content (AvgIpc) is 2.80. The molecule has 2 rings (SSSR count). The minimum atomic E-state index is -0.715. The Bertz CT molecular complexity index is 425. The summed E-state index contributed by atoms with van der Waals surface area (Å²) in [7, 11) is 0. The van der Waals surface area contributed by atoms with Crippen molar-refractivity contribution in [2.24, 2.45) is 5.92 Å². The zero-order valence-electron chi connectivity index (χ0n) is 9.26. The number of hydrogen-bond acceptors (Lipinski definition) is 3. The molecule has 0 radical (unpaired) electrons. The summed E-state index contributed by atoms with van der Waals surface area (Å²) < 4.78 is 27.0. The molecule has 0 spiro atoms. The van der Waals surface area contributed by atoms with Gasteiger partial charge in [-0.15, -0.1) is 0 Å². The van der Waals surface area contributed by atoms with Crippen molar-refractivity contribution in [3.63, 3.8) is 0 Å². The van der Waals surface area contributed by atoms with Crippen LogP contribution in [-0.2, 0) is 0 Å². The highest BCUT2D eigenvalue weighted by Crippen LogP contribution is 2.21. The van der Waals surface area contributed by atoms with Gasteiger partial charge in [0.15, 0.2) is 11.6 Å². The normalized spacial score (nSPS) is 19.0. The van der Waals surface area contributed by atoms with Crippen LogP contribution in [0.1, 0.15) is 12.0 Å². The maximum Gasteiger partial charge on any atom is 0.150 e. The summed E-state index contributed by atoms with van der Waals surface area (Å²) in [6, 6.07) is 3.80. The molecule has 1 aliphatic heterocycles. The topological polar surface area (TPSA) is 47.9 Å². The van der Waals surface area contributed by atoms with E-state index in [4.69, 9.17) is 5.26 Å². The fourth-order valence-electron chi connectivity index (χ4n) is 1.94. The number of halogens is 2. The number of rotatable bonds is 3. The van der Waals surface area contributed by atoms with Gasteiger partial charge in [-0.25, -0.2) is 8.78 Å². The van der Waals surface area contributed by atoms with E-state index in [2.05, 4.69) is 10.6 Å². The molecule has 0 bridgehead atoms. The van der Waals surface area contributed by atoms with Gasteiger partial charge in [0.2, 0.25) is 0 Å². The Morgan fingerprint density at radius 2 is 2.12 bits per heavy atom. The van der Waals surface area contributed by atoms with Crippen LogP contribution in [0.5, 0.6) is 0 Å². The fraction of sp³-hybridized carbons (Fsp3) is 0.417. The summed E-state index contributed by atoms with van der Waals surface area (Å²) in [5.41, 5.74) is -0.149. The van der Waals surface area contributed by atoms with Crippen molar-refractivity contribution in [1.82, 2.24) is 5.32 Å². The quantitative estimate of drug-likeness (QED) is 0.843. The van der Waals surface area contributed by atoms with Crippen molar-refractivity contribution >= 4 is 5.69 Å². The summed E-state index contributed by atoms with van der Waals surface area (Å²) >= 11 is 0. The lowest BCUT2D eigenvalue weighted by Crippen LogP contribution is -2.18. The van der Waals surface area contributed by atoms with E-state index in [-0.39, 0.29) is 11.3 Å². The molecule has 17 heavy (non-hydrogen) atoms. The summed E-state index contributed by atoms with van der Waals surface area (Å²) in [5.74, 6) is -1.04. The van der Waals surface area contributed by atoms with Crippen LogP contribution in [-0.4, -0.2) is 19.6 Å². The van der Waals surface area contributed by atoms with Gasteiger partial charge in [-0.05, 0) is 37.6 Å². The Balaban J connectivity index is 2.07. The van der Waals surface area contributed by atoms with Gasteiger partial charge in [-0.2, -0.15) is 5.26 Å². The Morgan fingerprint density at radius 1 is 1.41 bits per heavy atom. The second-order valence-electron chi connectivity index (χ2n) is 4.17. The maximum absolute atomic E-state index is 13.5. The van der Waals surface area contributed by atoms with Crippen molar-refractivity contribution < 1.29 is 8.78 Å². The predicted molar refractivity (Wildman–Crippen MR) is 60.5 cm³/mol. The molecule has 90 valence electrons. The molecule has 3 nitrogen and oxygen atoms in total. The SMILES string of the molecule is N#Cc1cc(F)c(NCC2CCNC2)c(F)c1. The highest BCUT2D eigenvalue weighted by atomic mass is 19.1. The second-order valence-corrected chi connectivity index (χ2v) is 4.17. The Hall–Kier alpha value is -1.67. The van der Waals surface area contributed by atoms with Crippen molar-refractivity contribution in [3.8, 4) is 6.07 Å². The third kappa shape index (κ3) is 2.71. The van der Waals surface area contributed by atoms with Crippen LogP contribution in [0.15, 0.2) is 12.1 Å². The molecule has 2 N–H and O–H groups in total. The van der Waals surface area contributed by atoms with Gasteiger partial charge >= 0.3 is 0 Å². The van der Waals surface area contributed by atoms with E-state index in [0.29, 0.717) is 12.5 Å². The molecule has 0 amide bonds. The van der Waals surface area contributed by atoms with E-state index < -0.39 is 11.6 Å². The number of anilines is 1. The van der Waals surface area contributed by atoms with Gasteiger partial charge < -0.3 is 10.6 Å². The van der Waals surface area contributed by atoms with E-state index >= 15 is 0 Å². The van der Waals surface area contributed by atoms with Gasteiger partial charge in [0.25, 0.3) is 0 Å². The average molecular weight is 237 g/mol. The first kappa shape index (κ1) is 11.8. The van der Waals surface area contributed by atoms with Crippen LogP contribution in [0.4, 0.5) is 14.5 Å². The van der Waals surface area contributed by atoms with Crippen LogP contribution < -0.4 is 10.6 Å². The number of nitriles is 1. The lowest BCUT2D eigenvalue weighted by molar-refractivity contribution is 0.573. The monoisotopic (exact) mass is 237 g/mol. The molecule has 0 aromatic heterocycles. The maximum atomic E-state index is 13.5. The first-order chi connectivity index (χ1) is 8.20. The van der Waals surface area contributed by atoms with Crippen LogP contribution in [0, 0.1) is 28.9 Å². The molecule has 1 saturated heterocycles. The minimum absolute atomic E-state index is 0.00640. The van der Waals surface area contributed by atoms with Crippen LogP contribution in [0.25, 0.3) is 0 Å². The molecule has 1 fully saturated rings. The molecule has 1 unspecified atom stereocenters. The lowest BCUT2D eigenvalue weighted by Gasteiger charge is -2.12. The first-order valence-electron chi connectivity index (χ1n) is 5.54. The Morgan fingerprint density at radius 3 is 2.65 bits per heavy atom. The summed E-state index contributed by atoms with van der Waals surface area (Å²) in [6.07, 6.45) is 1.01. The molecule has 1 heterocycles. The third-order valence-corrected chi connectivity index (χ3v) is 2.90. The van der Waals surface area contributed by atoms with Crippen LogP contribution in [0.3, 0.4) is 0 Å². The van der Waals surface area contributed by atoms with Gasteiger partial charge in [0, 0.05) is 6.54 Å². The molecule has 5 heteroatoms. The van der Waals surface area contributed by atoms with Crippen molar-refractivity contribution in [2.45, 2.75) is 6.42 Å². The Kier molecular flexibility index (Phi) is 3.55. The highest BCUT2D eigenvalue weighted by Gasteiger charge is 2.16. The van der Waals surface area contributed by atoms with Crippen molar-refractivity contribution in [1.29, 1.82) is 5.26 Å². The van der Waals surface area contributed by atoms with Gasteiger partial charge in [0.05, 0.1) is 11.6 Å². The van der Waals surface area contributed by atoms with Crippen LogP contribution in [0.2, 0.25) is 0 Å². The fourth-order valence-corrected chi connectivity index (χ4v) is 1.94. The standard InChI is InChI=1S/C12H13F2N3/c13-10-3-9(5-15)4-11(14)12(10)17-7-8-1-2-16-6-8/h3-4,8,16-17H,1-2,6-7H2. The van der Waals surface area contributed by atoms with Crippen LogP contribution >= 0.6 is 0 Å². The van der Waals surface area contributed by atoms with E-state index in [0.717, 1.165) is 31.6 Å².